The van der Waals surface area contributed by atoms with Crippen LogP contribution in [0.25, 0.3) is 0 Å². The van der Waals surface area contributed by atoms with E-state index in [9.17, 15) is 0 Å². The number of halogens is 1. The maximum Gasteiger partial charge on any atom is 0.169 e. The van der Waals surface area contributed by atoms with Gasteiger partial charge in [0.25, 0.3) is 0 Å². The van der Waals surface area contributed by atoms with Crippen molar-refractivity contribution in [3.8, 4) is 0 Å². The molecule has 0 spiro atoms. The molecule has 0 aliphatic carbocycles. The van der Waals surface area contributed by atoms with Crippen LogP contribution < -0.4 is 5.32 Å². The molecule has 0 bridgehead atoms. The van der Waals surface area contributed by atoms with Crippen LogP contribution in [0.2, 0.25) is 0 Å². The minimum absolute atomic E-state index is 0.0556. The Morgan fingerprint density at radius 2 is 2.18 bits per heavy atom. The zero-order valence-corrected chi connectivity index (χ0v) is 11.6. The van der Waals surface area contributed by atoms with Crippen LogP contribution >= 0.6 is 15.9 Å². The predicted octanol–water partition coefficient (Wildman–Crippen LogP) is 4.03. The molecule has 17 heavy (non-hydrogen) atoms. The molecule has 2 heterocycles. The van der Waals surface area contributed by atoms with Crippen molar-refractivity contribution in [2.75, 3.05) is 6.54 Å². The first-order valence-electron chi connectivity index (χ1n) is 5.75. The van der Waals surface area contributed by atoms with E-state index in [1.165, 1.54) is 0 Å². The zero-order valence-electron chi connectivity index (χ0n) is 10.00. The van der Waals surface area contributed by atoms with Gasteiger partial charge < -0.3 is 14.2 Å². The van der Waals surface area contributed by atoms with E-state index >= 15 is 0 Å². The fourth-order valence-electron chi connectivity index (χ4n) is 1.83. The maximum atomic E-state index is 5.63. The summed E-state index contributed by atoms with van der Waals surface area (Å²) < 4.78 is 11.7. The highest BCUT2D eigenvalue weighted by molar-refractivity contribution is 9.10. The van der Waals surface area contributed by atoms with Crippen molar-refractivity contribution in [2.45, 2.75) is 26.3 Å². The van der Waals surface area contributed by atoms with Crippen LogP contribution in [0.3, 0.4) is 0 Å². The Morgan fingerprint density at radius 3 is 2.71 bits per heavy atom. The van der Waals surface area contributed by atoms with Gasteiger partial charge in [0.1, 0.15) is 11.5 Å². The molecule has 2 aromatic heterocycles. The molecule has 0 fully saturated rings. The molecule has 1 unspecified atom stereocenters. The Kier molecular flexibility index (Phi) is 4.07. The van der Waals surface area contributed by atoms with Gasteiger partial charge in [0.15, 0.2) is 4.67 Å². The van der Waals surface area contributed by atoms with Crippen molar-refractivity contribution in [1.29, 1.82) is 0 Å². The summed E-state index contributed by atoms with van der Waals surface area (Å²) in [5.41, 5.74) is 1.13. The van der Waals surface area contributed by atoms with Gasteiger partial charge in [0.2, 0.25) is 0 Å². The molecule has 0 saturated carbocycles. The zero-order chi connectivity index (χ0) is 12.3. The fourth-order valence-corrected chi connectivity index (χ4v) is 2.15. The summed E-state index contributed by atoms with van der Waals surface area (Å²) in [6, 6.07) is 5.92. The van der Waals surface area contributed by atoms with Crippen molar-refractivity contribution in [1.82, 2.24) is 5.32 Å². The third kappa shape index (κ3) is 2.82. The van der Waals surface area contributed by atoms with Crippen LogP contribution in [0.15, 0.2) is 38.0 Å². The highest BCUT2D eigenvalue weighted by Crippen LogP contribution is 2.28. The van der Waals surface area contributed by atoms with E-state index in [2.05, 4.69) is 28.2 Å². The van der Waals surface area contributed by atoms with Gasteiger partial charge in [-0.15, -0.1) is 0 Å². The van der Waals surface area contributed by atoms with Crippen molar-refractivity contribution in [3.05, 3.63) is 46.2 Å². The molecule has 3 nitrogen and oxygen atoms in total. The lowest BCUT2D eigenvalue weighted by atomic mass is 10.1. The summed E-state index contributed by atoms with van der Waals surface area (Å²) >= 11 is 3.33. The van der Waals surface area contributed by atoms with Crippen LogP contribution in [0.1, 0.15) is 36.5 Å². The van der Waals surface area contributed by atoms with Gasteiger partial charge in [0, 0.05) is 5.56 Å². The average molecular weight is 298 g/mol. The topological polar surface area (TPSA) is 38.3 Å². The first-order valence-corrected chi connectivity index (χ1v) is 6.54. The first kappa shape index (κ1) is 12.5. The number of aryl methyl sites for hydroxylation is 1. The summed E-state index contributed by atoms with van der Waals surface area (Å²) in [4.78, 5) is 0. The number of furan rings is 2. The average Bonchev–Trinajstić information content (AvgIpc) is 2.90. The Morgan fingerprint density at radius 1 is 1.35 bits per heavy atom. The van der Waals surface area contributed by atoms with E-state index in [1.807, 2.05) is 25.1 Å². The lowest BCUT2D eigenvalue weighted by Crippen LogP contribution is -2.22. The second-order valence-corrected chi connectivity index (χ2v) is 4.74. The minimum Gasteiger partial charge on any atom is -0.469 e. The van der Waals surface area contributed by atoms with Gasteiger partial charge in [0.05, 0.1) is 12.3 Å². The molecule has 92 valence electrons. The largest absolute Gasteiger partial charge is 0.469 e. The van der Waals surface area contributed by atoms with E-state index in [-0.39, 0.29) is 6.04 Å². The van der Waals surface area contributed by atoms with Gasteiger partial charge in [-0.3, -0.25) is 0 Å². The number of hydrogen-bond donors (Lipinski definition) is 1. The van der Waals surface area contributed by atoms with Crippen molar-refractivity contribution in [3.63, 3.8) is 0 Å². The standard InChI is InChI=1S/C13H16BrNO2/c1-3-7-15-13(10-6-8-16-9(10)2)11-4-5-12(14)17-11/h4-6,8,13,15H,3,7H2,1-2H3. The Labute approximate surface area is 109 Å². The smallest absolute Gasteiger partial charge is 0.169 e. The van der Waals surface area contributed by atoms with E-state index in [1.54, 1.807) is 6.26 Å². The highest BCUT2D eigenvalue weighted by Gasteiger charge is 2.20. The van der Waals surface area contributed by atoms with Gasteiger partial charge in [-0.25, -0.2) is 0 Å². The highest BCUT2D eigenvalue weighted by atomic mass is 79.9. The molecule has 0 amide bonds. The molecule has 0 aliphatic heterocycles. The van der Waals surface area contributed by atoms with Gasteiger partial charge >= 0.3 is 0 Å². The van der Waals surface area contributed by atoms with Gasteiger partial charge in [-0.2, -0.15) is 0 Å². The summed E-state index contributed by atoms with van der Waals surface area (Å²) in [5.74, 6) is 1.82. The maximum absolute atomic E-state index is 5.63. The van der Waals surface area contributed by atoms with Crippen molar-refractivity contribution >= 4 is 15.9 Å². The SMILES string of the molecule is CCCNC(c1ccc(Br)o1)c1ccoc1C. The lowest BCUT2D eigenvalue weighted by Gasteiger charge is -2.15. The predicted molar refractivity (Wildman–Crippen MR) is 70.0 cm³/mol. The van der Waals surface area contributed by atoms with Crippen LogP contribution in [-0.4, -0.2) is 6.54 Å². The Balaban J connectivity index is 2.28. The summed E-state index contributed by atoms with van der Waals surface area (Å²) in [6.45, 7) is 5.05. The van der Waals surface area contributed by atoms with Crippen LogP contribution in [0, 0.1) is 6.92 Å². The number of hydrogen-bond acceptors (Lipinski definition) is 3. The second kappa shape index (κ2) is 5.56. The van der Waals surface area contributed by atoms with E-state index in [0.717, 1.165) is 34.7 Å². The van der Waals surface area contributed by atoms with Crippen molar-refractivity contribution < 1.29 is 8.83 Å². The second-order valence-electron chi connectivity index (χ2n) is 3.96. The lowest BCUT2D eigenvalue weighted by molar-refractivity contribution is 0.427. The van der Waals surface area contributed by atoms with Gasteiger partial charge in [-0.05, 0) is 54.0 Å². The van der Waals surface area contributed by atoms with E-state index < -0.39 is 0 Å². The Hall–Kier alpha value is -1.00. The number of nitrogens with one attached hydrogen (secondary N) is 1. The molecule has 0 aliphatic rings. The third-order valence-electron chi connectivity index (χ3n) is 2.69. The summed E-state index contributed by atoms with van der Waals surface area (Å²) in [7, 11) is 0. The van der Waals surface area contributed by atoms with Crippen LogP contribution in [-0.2, 0) is 0 Å². The monoisotopic (exact) mass is 297 g/mol. The molecule has 0 saturated heterocycles. The first-order chi connectivity index (χ1) is 8.22. The van der Waals surface area contributed by atoms with E-state index in [0.29, 0.717) is 0 Å². The third-order valence-corrected chi connectivity index (χ3v) is 3.11. The molecule has 2 rings (SSSR count). The number of rotatable bonds is 5. The molecular weight excluding hydrogens is 282 g/mol. The van der Waals surface area contributed by atoms with Crippen LogP contribution in [0.5, 0.6) is 0 Å². The molecule has 0 aromatic carbocycles. The van der Waals surface area contributed by atoms with Crippen LogP contribution in [0.4, 0.5) is 0 Å². The Bertz CT molecular complexity index is 475. The molecule has 0 radical (unpaired) electrons. The summed E-state index contributed by atoms with van der Waals surface area (Å²) in [5, 5.41) is 3.47. The normalized spacial score (nSPS) is 12.9. The molecule has 1 N–H and O–H groups in total. The van der Waals surface area contributed by atoms with Crippen molar-refractivity contribution in [2.24, 2.45) is 0 Å². The quantitative estimate of drug-likeness (QED) is 0.905. The van der Waals surface area contributed by atoms with Gasteiger partial charge in [-0.1, -0.05) is 6.92 Å². The molecule has 2 aromatic rings. The molecule has 1 atom stereocenters. The minimum atomic E-state index is 0.0556. The van der Waals surface area contributed by atoms with E-state index in [4.69, 9.17) is 8.83 Å². The fraction of sp³-hybridized carbons (Fsp3) is 0.385. The molecule has 4 heteroatoms. The molecular formula is C13H16BrNO2. The summed E-state index contributed by atoms with van der Waals surface area (Å²) in [6.07, 6.45) is 2.79.